The molecule has 3 rings (SSSR count). The van der Waals surface area contributed by atoms with Crippen LogP contribution in [0.4, 0.5) is 4.39 Å². The molecule has 1 aromatic carbocycles. The van der Waals surface area contributed by atoms with E-state index in [0.717, 1.165) is 39.2 Å². The second-order valence-electron chi connectivity index (χ2n) is 5.25. The number of benzene rings is 1. The van der Waals surface area contributed by atoms with E-state index in [1.807, 2.05) is 23.9 Å². The van der Waals surface area contributed by atoms with E-state index >= 15 is 0 Å². The van der Waals surface area contributed by atoms with Gasteiger partial charge in [0.05, 0.1) is 5.69 Å². The number of aromatic nitrogens is 2. The van der Waals surface area contributed by atoms with E-state index in [4.69, 9.17) is 5.73 Å². The van der Waals surface area contributed by atoms with E-state index in [1.54, 1.807) is 17.4 Å². The number of fused-ring (bicyclic) bond motifs is 1. The number of nitrogens with two attached hydrogens (primary N) is 1. The van der Waals surface area contributed by atoms with Crippen molar-refractivity contribution in [2.45, 2.75) is 25.8 Å². The average Bonchev–Trinajstić information content (AvgIpc) is 3.02. The number of hydrogen-bond donors (Lipinski definition) is 1. The topological polar surface area (TPSA) is 43.8 Å². The Morgan fingerprint density at radius 3 is 2.86 bits per heavy atom. The van der Waals surface area contributed by atoms with Crippen LogP contribution in [0, 0.1) is 5.82 Å². The van der Waals surface area contributed by atoms with Crippen LogP contribution < -0.4 is 5.73 Å². The van der Waals surface area contributed by atoms with E-state index in [0.29, 0.717) is 0 Å². The number of hydrogen-bond acceptors (Lipinski definition) is 3. The first-order valence-electron chi connectivity index (χ1n) is 7.03. The van der Waals surface area contributed by atoms with Crippen molar-refractivity contribution in [1.82, 2.24) is 9.78 Å². The van der Waals surface area contributed by atoms with E-state index in [-0.39, 0.29) is 11.9 Å². The van der Waals surface area contributed by atoms with Gasteiger partial charge in [0.1, 0.15) is 5.82 Å². The molecule has 110 valence electrons. The molecule has 0 saturated carbocycles. The highest BCUT2D eigenvalue weighted by atomic mass is 32.1. The van der Waals surface area contributed by atoms with Gasteiger partial charge in [0.15, 0.2) is 0 Å². The molecule has 21 heavy (non-hydrogen) atoms. The third-order valence-corrected chi connectivity index (χ3v) is 4.93. The molecule has 3 nitrogen and oxygen atoms in total. The minimum absolute atomic E-state index is 0.0921. The first-order valence-corrected chi connectivity index (χ1v) is 7.85. The lowest BCUT2D eigenvalue weighted by Gasteiger charge is -2.09. The second-order valence-corrected chi connectivity index (χ2v) is 6.36. The smallest absolute Gasteiger partial charge is 0.123 e. The van der Waals surface area contributed by atoms with Crippen LogP contribution in [0.1, 0.15) is 29.2 Å². The van der Waals surface area contributed by atoms with Crippen molar-refractivity contribution in [1.29, 1.82) is 0 Å². The average molecular weight is 303 g/mol. The van der Waals surface area contributed by atoms with Gasteiger partial charge < -0.3 is 5.73 Å². The Balaban J connectivity index is 1.85. The Labute approximate surface area is 127 Å². The lowest BCUT2D eigenvalue weighted by Crippen LogP contribution is -2.14. The number of nitrogens with zero attached hydrogens (tertiary/aromatic N) is 2. The number of aryl methyl sites for hydroxylation is 2. The van der Waals surface area contributed by atoms with Crippen LogP contribution in [0.15, 0.2) is 30.3 Å². The van der Waals surface area contributed by atoms with Crippen molar-refractivity contribution in [2.75, 3.05) is 0 Å². The van der Waals surface area contributed by atoms with Crippen molar-refractivity contribution in [3.05, 3.63) is 52.4 Å². The summed E-state index contributed by atoms with van der Waals surface area (Å²) in [6.45, 7) is 2.09. The molecule has 2 heterocycles. The van der Waals surface area contributed by atoms with Crippen LogP contribution in [-0.2, 0) is 19.9 Å². The molecule has 0 aliphatic carbocycles. The Hall–Kier alpha value is -1.72. The highest BCUT2D eigenvalue weighted by Crippen LogP contribution is 2.31. The lowest BCUT2D eigenvalue weighted by molar-refractivity contribution is 0.630. The standard InChI is InChI=1S/C16H18FN3S/c1-3-12-8-13(20(2)19-12)9-14(18)16-7-10-6-11(17)4-5-15(10)21-16/h4-8,14H,3,9,18H2,1-2H3. The van der Waals surface area contributed by atoms with Crippen LogP contribution in [-0.4, -0.2) is 9.78 Å². The second kappa shape index (κ2) is 5.58. The van der Waals surface area contributed by atoms with Gasteiger partial charge >= 0.3 is 0 Å². The van der Waals surface area contributed by atoms with Gasteiger partial charge in [-0.05, 0) is 42.1 Å². The van der Waals surface area contributed by atoms with E-state index in [1.165, 1.54) is 6.07 Å². The molecule has 0 amide bonds. The fourth-order valence-electron chi connectivity index (χ4n) is 2.48. The monoisotopic (exact) mass is 303 g/mol. The number of halogens is 1. The molecule has 5 heteroatoms. The van der Waals surface area contributed by atoms with Gasteiger partial charge in [-0.2, -0.15) is 5.10 Å². The van der Waals surface area contributed by atoms with E-state index < -0.39 is 0 Å². The molecule has 1 unspecified atom stereocenters. The first-order chi connectivity index (χ1) is 10.1. The molecule has 0 bridgehead atoms. The molecular formula is C16H18FN3S. The molecule has 0 radical (unpaired) electrons. The van der Waals surface area contributed by atoms with Crippen molar-refractivity contribution in [2.24, 2.45) is 12.8 Å². The maximum absolute atomic E-state index is 13.3. The Morgan fingerprint density at radius 2 is 2.14 bits per heavy atom. The summed E-state index contributed by atoms with van der Waals surface area (Å²) in [6.07, 6.45) is 1.66. The maximum atomic E-state index is 13.3. The van der Waals surface area contributed by atoms with Gasteiger partial charge in [-0.1, -0.05) is 6.92 Å². The molecule has 0 spiro atoms. The summed E-state index contributed by atoms with van der Waals surface area (Å²) in [7, 11) is 1.95. The normalized spacial score (nSPS) is 13.0. The Kier molecular flexibility index (Phi) is 3.78. The molecule has 2 N–H and O–H groups in total. The van der Waals surface area contributed by atoms with Crippen molar-refractivity contribution >= 4 is 21.4 Å². The Morgan fingerprint density at radius 1 is 1.33 bits per heavy atom. The van der Waals surface area contributed by atoms with Gasteiger partial charge in [0, 0.05) is 34.8 Å². The molecule has 0 saturated heterocycles. The zero-order valence-electron chi connectivity index (χ0n) is 12.1. The van der Waals surface area contributed by atoms with Crippen molar-refractivity contribution < 1.29 is 4.39 Å². The van der Waals surface area contributed by atoms with Gasteiger partial charge in [0.2, 0.25) is 0 Å². The van der Waals surface area contributed by atoms with Gasteiger partial charge in [-0.25, -0.2) is 4.39 Å². The summed E-state index contributed by atoms with van der Waals surface area (Å²) in [5, 5.41) is 5.37. The minimum Gasteiger partial charge on any atom is -0.323 e. The quantitative estimate of drug-likeness (QED) is 0.800. The Bertz CT molecular complexity index is 775. The number of thiophene rings is 1. The zero-order valence-corrected chi connectivity index (χ0v) is 13.0. The zero-order chi connectivity index (χ0) is 15.0. The molecular weight excluding hydrogens is 285 g/mol. The highest BCUT2D eigenvalue weighted by molar-refractivity contribution is 7.19. The summed E-state index contributed by atoms with van der Waals surface area (Å²) < 4.78 is 16.2. The molecule has 0 aliphatic rings. The van der Waals surface area contributed by atoms with Crippen LogP contribution in [0.5, 0.6) is 0 Å². The molecule has 1 atom stereocenters. The van der Waals surface area contributed by atoms with Crippen molar-refractivity contribution in [3.8, 4) is 0 Å². The molecule has 0 fully saturated rings. The summed E-state index contributed by atoms with van der Waals surface area (Å²) >= 11 is 1.63. The van der Waals surface area contributed by atoms with Crippen LogP contribution in [0.2, 0.25) is 0 Å². The maximum Gasteiger partial charge on any atom is 0.123 e. The third-order valence-electron chi connectivity index (χ3n) is 3.68. The van der Waals surface area contributed by atoms with Crippen LogP contribution >= 0.6 is 11.3 Å². The van der Waals surface area contributed by atoms with E-state index in [9.17, 15) is 4.39 Å². The summed E-state index contributed by atoms with van der Waals surface area (Å²) in [5.74, 6) is -0.209. The van der Waals surface area contributed by atoms with Crippen LogP contribution in [0.3, 0.4) is 0 Å². The van der Waals surface area contributed by atoms with Crippen molar-refractivity contribution in [3.63, 3.8) is 0 Å². The molecule has 3 aromatic rings. The molecule has 2 aromatic heterocycles. The summed E-state index contributed by atoms with van der Waals surface area (Å²) in [5.41, 5.74) is 8.53. The van der Waals surface area contributed by atoms with Gasteiger partial charge in [-0.3, -0.25) is 4.68 Å². The largest absolute Gasteiger partial charge is 0.323 e. The SMILES string of the molecule is CCc1cc(CC(N)c2cc3cc(F)ccc3s2)n(C)n1. The lowest BCUT2D eigenvalue weighted by atomic mass is 10.1. The number of rotatable bonds is 4. The summed E-state index contributed by atoms with van der Waals surface area (Å²) in [6, 6.07) is 8.86. The predicted octanol–water partition coefficient (Wildman–Crippen LogP) is 3.58. The fraction of sp³-hybridized carbons (Fsp3) is 0.312. The van der Waals surface area contributed by atoms with Gasteiger partial charge in [0.25, 0.3) is 0 Å². The fourth-order valence-corrected chi connectivity index (χ4v) is 3.53. The van der Waals surface area contributed by atoms with Crippen LogP contribution in [0.25, 0.3) is 10.1 Å². The minimum atomic E-state index is -0.209. The first kappa shape index (κ1) is 14.2. The summed E-state index contributed by atoms with van der Waals surface area (Å²) in [4.78, 5) is 1.08. The highest BCUT2D eigenvalue weighted by Gasteiger charge is 2.14. The molecule has 0 aliphatic heterocycles. The predicted molar refractivity (Wildman–Crippen MR) is 85.0 cm³/mol. The third kappa shape index (κ3) is 2.84. The van der Waals surface area contributed by atoms with Gasteiger partial charge in [-0.15, -0.1) is 11.3 Å². The van der Waals surface area contributed by atoms with E-state index in [2.05, 4.69) is 18.1 Å².